The molecule has 0 unspecified atom stereocenters. The monoisotopic (exact) mass is 302 g/mol. The lowest BCUT2D eigenvalue weighted by molar-refractivity contribution is 1.14. The number of hydrogen-bond donors (Lipinski definition) is 3. The smallest absolute Gasteiger partial charge is 0.260 e. The summed E-state index contributed by atoms with van der Waals surface area (Å²) in [7, 11) is 0. The fraction of sp³-hybridized carbons (Fsp3) is 0. The van der Waals surface area contributed by atoms with Crippen LogP contribution in [0.5, 0.6) is 0 Å². The zero-order valence-corrected chi connectivity index (χ0v) is 12.2. The highest BCUT2D eigenvalue weighted by Crippen LogP contribution is 2.29. The second-order valence-corrected chi connectivity index (χ2v) is 5.32. The minimum absolute atomic E-state index is 0.111. The summed E-state index contributed by atoms with van der Waals surface area (Å²) in [6.45, 7) is 0. The predicted molar refractivity (Wildman–Crippen MR) is 92.0 cm³/mol. The van der Waals surface area contributed by atoms with E-state index in [1.165, 1.54) is 0 Å². The van der Waals surface area contributed by atoms with Crippen LogP contribution >= 0.6 is 0 Å². The van der Waals surface area contributed by atoms with Gasteiger partial charge in [-0.25, -0.2) is 4.98 Å². The summed E-state index contributed by atoms with van der Waals surface area (Å²) >= 11 is 0. The highest BCUT2D eigenvalue weighted by Gasteiger charge is 2.15. The van der Waals surface area contributed by atoms with Crippen LogP contribution in [0, 0.1) is 0 Å². The fourth-order valence-electron chi connectivity index (χ4n) is 2.77. The Kier molecular flexibility index (Phi) is 2.98. The van der Waals surface area contributed by atoms with Crippen LogP contribution in [0.15, 0.2) is 65.6 Å². The maximum Gasteiger partial charge on any atom is 0.260 e. The zero-order chi connectivity index (χ0) is 15.8. The molecular weight excluding hydrogens is 288 g/mol. The summed E-state index contributed by atoms with van der Waals surface area (Å²) in [5.74, 6) is 0.111. The van der Waals surface area contributed by atoms with Gasteiger partial charge < -0.3 is 10.7 Å². The maximum absolute atomic E-state index is 12.5. The van der Waals surface area contributed by atoms with Crippen molar-refractivity contribution < 1.29 is 0 Å². The molecule has 4 N–H and O–H groups in total. The number of anilines is 1. The number of nitrogen functional groups attached to an aromatic ring is 1. The standard InChI is InChI=1S/C18H14N4O/c19-18-21-16(11-4-2-1-3-5-11)15(17(23)22-18)13-6-7-14-12(10-13)8-9-20-14/h1-10,20H,(H3,19,21,22,23). The van der Waals surface area contributed by atoms with E-state index < -0.39 is 0 Å². The van der Waals surface area contributed by atoms with E-state index in [1.807, 2.05) is 60.8 Å². The van der Waals surface area contributed by atoms with Crippen LogP contribution in [0.4, 0.5) is 5.95 Å². The average Bonchev–Trinajstić information content (AvgIpc) is 3.02. The first-order valence-electron chi connectivity index (χ1n) is 7.25. The Bertz CT molecular complexity index is 1050. The molecule has 0 spiro atoms. The van der Waals surface area contributed by atoms with E-state index in [1.54, 1.807) is 0 Å². The second kappa shape index (κ2) is 5.14. The third-order valence-corrected chi connectivity index (χ3v) is 3.83. The van der Waals surface area contributed by atoms with Gasteiger partial charge in [0.1, 0.15) is 0 Å². The molecular formula is C18H14N4O. The molecule has 4 rings (SSSR count). The Balaban J connectivity index is 2.02. The van der Waals surface area contributed by atoms with E-state index in [2.05, 4.69) is 15.0 Å². The molecule has 5 nitrogen and oxygen atoms in total. The Morgan fingerprint density at radius 1 is 0.957 bits per heavy atom. The minimum Gasteiger partial charge on any atom is -0.369 e. The highest BCUT2D eigenvalue weighted by molar-refractivity contribution is 5.88. The first-order valence-corrected chi connectivity index (χ1v) is 7.25. The molecule has 2 heterocycles. The molecule has 112 valence electrons. The van der Waals surface area contributed by atoms with Gasteiger partial charge in [0, 0.05) is 17.3 Å². The minimum atomic E-state index is -0.244. The van der Waals surface area contributed by atoms with Crippen molar-refractivity contribution in [2.45, 2.75) is 0 Å². The maximum atomic E-state index is 12.5. The molecule has 0 aliphatic heterocycles. The number of nitrogens with one attached hydrogen (secondary N) is 2. The largest absolute Gasteiger partial charge is 0.369 e. The van der Waals surface area contributed by atoms with Crippen molar-refractivity contribution >= 4 is 16.9 Å². The number of nitrogens with two attached hydrogens (primary N) is 1. The molecule has 23 heavy (non-hydrogen) atoms. The van der Waals surface area contributed by atoms with Crippen LogP contribution in [0.2, 0.25) is 0 Å². The first-order chi connectivity index (χ1) is 11.2. The number of aromatic amines is 2. The van der Waals surface area contributed by atoms with E-state index in [0.717, 1.165) is 22.0 Å². The highest BCUT2D eigenvalue weighted by atomic mass is 16.1. The SMILES string of the molecule is Nc1nc(-c2ccccc2)c(-c2ccc3[nH]ccc3c2)c(=O)[nH]1. The molecule has 2 aromatic heterocycles. The van der Waals surface area contributed by atoms with Crippen molar-refractivity contribution in [1.82, 2.24) is 15.0 Å². The molecule has 0 bridgehead atoms. The Hall–Kier alpha value is -3.34. The lowest BCUT2D eigenvalue weighted by atomic mass is 9.99. The molecule has 0 aliphatic carbocycles. The third kappa shape index (κ3) is 2.28. The van der Waals surface area contributed by atoms with Crippen LogP contribution in [-0.4, -0.2) is 15.0 Å². The van der Waals surface area contributed by atoms with Crippen LogP contribution in [0.25, 0.3) is 33.3 Å². The second-order valence-electron chi connectivity index (χ2n) is 5.32. The molecule has 0 saturated heterocycles. The van der Waals surface area contributed by atoms with Gasteiger partial charge in [-0.3, -0.25) is 9.78 Å². The van der Waals surface area contributed by atoms with Crippen LogP contribution < -0.4 is 11.3 Å². The number of nitrogens with zero attached hydrogens (tertiary/aromatic N) is 1. The molecule has 4 aromatic rings. The number of H-pyrrole nitrogens is 2. The van der Waals surface area contributed by atoms with E-state index in [9.17, 15) is 4.79 Å². The molecule has 0 amide bonds. The summed E-state index contributed by atoms with van der Waals surface area (Å²) < 4.78 is 0. The van der Waals surface area contributed by atoms with Gasteiger partial charge >= 0.3 is 0 Å². The van der Waals surface area contributed by atoms with E-state index in [0.29, 0.717) is 11.3 Å². The van der Waals surface area contributed by atoms with Gasteiger partial charge in [0.25, 0.3) is 5.56 Å². The van der Waals surface area contributed by atoms with E-state index in [-0.39, 0.29) is 11.5 Å². The number of aromatic nitrogens is 3. The molecule has 0 aliphatic rings. The van der Waals surface area contributed by atoms with Gasteiger partial charge in [-0.05, 0) is 29.1 Å². The van der Waals surface area contributed by atoms with Crippen molar-refractivity contribution in [3.8, 4) is 22.4 Å². The third-order valence-electron chi connectivity index (χ3n) is 3.83. The van der Waals surface area contributed by atoms with Crippen LogP contribution in [0.1, 0.15) is 0 Å². The van der Waals surface area contributed by atoms with E-state index in [4.69, 9.17) is 5.73 Å². The number of hydrogen-bond acceptors (Lipinski definition) is 3. The molecule has 0 saturated carbocycles. The summed E-state index contributed by atoms with van der Waals surface area (Å²) in [6, 6.07) is 17.4. The van der Waals surface area contributed by atoms with Crippen LogP contribution in [0.3, 0.4) is 0 Å². The van der Waals surface area contributed by atoms with Crippen molar-refractivity contribution in [3.05, 3.63) is 71.1 Å². The van der Waals surface area contributed by atoms with Gasteiger partial charge in [-0.2, -0.15) is 0 Å². The molecule has 0 radical (unpaired) electrons. The van der Waals surface area contributed by atoms with Crippen molar-refractivity contribution in [2.24, 2.45) is 0 Å². The average molecular weight is 302 g/mol. The van der Waals surface area contributed by atoms with Gasteiger partial charge in [0.15, 0.2) is 0 Å². The predicted octanol–water partition coefficient (Wildman–Crippen LogP) is 3.17. The summed E-state index contributed by atoms with van der Waals surface area (Å²) in [5, 5.41) is 1.04. The summed E-state index contributed by atoms with van der Waals surface area (Å²) in [4.78, 5) is 22.6. The number of benzene rings is 2. The molecule has 5 heteroatoms. The van der Waals surface area contributed by atoms with E-state index >= 15 is 0 Å². The van der Waals surface area contributed by atoms with Crippen LogP contribution in [-0.2, 0) is 0 Å². The zero-order valence-electron chi connectivity index (χ0n) is 12.2. The Morgan fingerprint density at radius 3 is 2.61 bits per heavy atom. The fourth-order valence-corrected chi connectivity index (χ4v) is 2.77. The quantitative estimate of drug-likeness (QED) is 0.531. The number of rotatable bonds is 2. The lowest BCUT2D eigenvalue weighted by Gasteiger charge is -2.09. The van der Waals surface area contributed by atoms with Gasteiger partial charge in [0.2, 0.25) is 5.95 Å². The number of fused-ring (bicyclic) bond motifs is 1. The van der Waals surface area contributed by atoms with Crippen molar-refractivity contribution in [3.63, 3.8) is 0 Å². The Labute approximate surface area is 131 Å². The summed E-state index contributed by atoms with van der Waals surface area (Å²) in [5.41, 5.74) is 9.30. The van der Waals surface area contributed by atoms with Gasteiger partial charge in [-0.1, -0.05) is 36.4 Å². The molecule has 0 fully saturated rings. The van der Waals surface area contributed by atoms with Gasteiger partial charge in [-0.15, -0.1) is 0 Å². The molecule has 0 atom stereocenters. The van der Waals surface area contributed by atoms with Crippen molar-refractivity contribution in [1.29, 1.82) is 0 Å². The lowest BCUT2D eigenvalue weighted by Crippen LogP contribution is -2.15. The summed E-state index contributed by atoms with van der Waals surface area (Å²) in [6.07, 6.45) is 1.87. The topological polar surface area (TPSA) is 87.6 Å². The molecule has 2 aromatic carbocycles. The van der Waals surface area contributed by atoms with Gasteiger partial charge in [0.05, 0.1) is 11.3 Å². The van der Waals surface area contributed by atoms with Crippen molar-refractivity contribution in [2.75, 3.05) is 5.73 Å². The first kappa shape index (κ1) is 13.3. The normalized spacial score (nSPS) is 11.0. The Morgan fingerprint density at radius 2 is 1.78 bits per heavy atom.